The summed E-state index contributed by atoms with van der Waals surface area (Å²) in [6.07, 6.45) is 1.81. The lowest BCUT2D eigenvalue weighted by Crippen LogP contribution is -2.60. The number of aromatic nitrogens is 1. The Bertz CT molecular complexity index is 2420. The minimum Gasteiger partial charge on any atom is -0.370 e. The molecule has 3 aromatic rings. The lowest BCUT2D eigenvalue weighted by molar-refractivity contribution is -0.136. The largest absolute Gasteiger partial charge is 0.370 e. The first-order valence-corrected chi connectivity index (χ1v) is 23.7. The fourth-order valence-corrected chi connectivity index (χ4v) is 7.81. The molecule has 25 heteroatoms. The minimum absolute atomic E-state index is 0.0151. The van der Waals surface area contributed by atoms with Gasteiger partial charge in [0.1, 0.15) is 36.3 Å². The molecule has 25 nitrogen and oxygen atoms in total. The third kappa shape index (κ3) is 19.6. The van der Waals surface area contributed by atoms with Crippen LogP contribution in [0.4, 0.5) is 0 Å². The first-order chi connectivity index (χ1) is 34.4. The monoisotopic (exact) mass is 1000 g/mol. The van der Waals surface area contributed by atoms with Crippen LogP contribution in [0.3, 0.4) is 0 Å². The summed E-state index contributed by atoms with van der Waals surface area (Å²) in [5.41, 5.74) is 29.6. The SMILES string of the molecule is CC(=O)N[C@@H](CCCN=C(N)N)C(=O)N[C@H]1CCNC(=O)CCCCNC(=O)[C@H](Cc2c[nH]c3ccccc23)NC(=O)[C@H](CCCN=C(N)N)NC(=O)[C@@H](Cc2ccccc2)NC(=O)[C@H](CC(N)=O)NC1=O. The molecule has 390 valence electrons. The van der Waals surface area contributed by atoms with Gasteiger partial charge in [-0.3, -0.25) is 53.1 Å². The molecule has 0 radical (unpaired) electrons. The third-order valence-corrected chi connectivity index (χ3v) is 11.4. The van der Waals surface area contributed by atoms with Gasteiger partial charge in [0.2, 0.25) is 53.2 Å². The van der Waals surface area contributed by atoms with E-state index in [1.807, 2.05) is 24.3 Å². The molecule has 72 heavy (non-hydrogen) atoms. The normalized spacial score (nSPS) is 20.4. The summed E-state index contributed by atoms with van der Waals surface area (Å²) in [5, 5.41) is 22.1. The molecule has 0 bridgehead atoms. The number of primary amides is 1. The predicted molar refractivity (Wildman–Crippen MR) is 268 cm³/mol. The van der Waals surface area contributed by atoms with E-state index in [-0.39, 0.29) is 89.5 Å². The van der Waals surface area contributed by atoms with Crippen molar-refractivity contribution in [2.45, 2.75) is 114 Å². The van der Waals surface area contributed by atoms with Gasteiger partial charge in [-0.1, -0.05) is 48.5 Å². The van der Waals surface area contributed by atoms with E-state index in [1.54, 1.807) is 36.5 Å². The summed E-state index contributed by atoms with van der Waals surface area (Å²) in [6, 6.07) is 7.71. The number of nitrogens with two attached hydrogens (primary N) is 5. The zero-order chi connectivity index (χ0) is 52.6. The van der Waals surface area contributed by atoms with Gasteiger partial charge in [-0.15, -0.1) is 0 Å². The van der Waals surface area contributed by atoms with Crippen LogP contribution in [-0.2, 0) is 56.0 Å². The smallest absolute Gasteiger partial charge is 0.243 e. The highest BCUT2D eigenvalue weighted by Gasteiger charge is 2.34. The number of carbonyl (C=O) groups is 9. The molecule has 2 heterocycles. The summed E-state index contributed by atoms with van der Waals surface area (Å²) in [5.74, 6) is -7.27. The molecule has 1 aromatic heterocycles. The number of nitrogens with zero attached hydrogens (tertiary/aromatic N) is 2. The van der Waals surface area contributed by atoms with Crippen molar-refractivity contribution in [2.24, 2.45) is 38.7 Å². The molecule has 6 atom stereocenters. The maximum atomic E-state index is 14.5. The Hall–Kier alpha value is -8.25. The average Bonchev–Trinajstić information content (AvgIpc) is 3.74. The van der Waals surface area contributed by atoms with Crippen molar-refractivity contribution in [1.82, 2.24) is 47.5 Å². The predicted octanol–water partition coefficient (Wildman–Crippen LogP) is -3.33. The Morgan fingerprint density at radius 3 is 1.97 bits per heavy atom. The number of guanidine groups is 2. The molecule has 0 unspecified atom stereocenters. The second-order valence-corrected chi connectivity index (χ2v) is 17.3. The Balaban J connectivity index is 1.72. The number of amides is 9. The number of aromatic amines is 1. The number of nitrogens with one attached hydrogen (secondary N) is 9. The van der Waals surface area contributed by atoms with Gasteiger partial charge in [-0.2, -0.15) is 0 Å². The summed E-state index contributed by atoms with van der Waals surface area (Å²) < 4.78 is 0. The van der Waals surface area contributed by atoms with Crippen molar-refractivity contribution < 1.29 is 43.2 Å². The molecule has 0 aliphatic carbocycles. The molecule has 1 aliphatic rings. The fourth-order valence-electron chi connectivity index (χ4n) is 7.81. The highest BCUT2D eigenvalue weighted by atomic mass is 16.2. The number of para-hydroxylation sites is 1. The van der Waals surface area contributed by atoms with Crippen LogP contribution < -0.4 is 71.2 Å². The minimum atomic E-state index is -1.72. The number of carbonyl (C=O) groups excluding carboxylic acids is 9. The second kappa shape index (κ2) is 29.1. The van der Waals surface area contributed by atoms with E-state index in [1.165, 1.54) is 6.92 Å². The van der Waals surface area contributed by atoms with Crippen LogP contribution in [0, 0.1) is 0 Å². The lowest BCUT2D eigenvalue weighted by atomic mass is 10.0. The van der Waals surface area contributed by atoms with Crippen molar-refractivity contribution in [3.05, 3.63) is 71.9 Å². The average molecular weight is 1000 g/mol. The number of aliphatic imine (C=N–C) groups is 2. The van der Waals surface area contributed by atoms with E-state index < -0.39 is 95.8 Å². The summed E-state index contributed by atoms with van der Waals surface area (Å²) >= 11 is 0. The van der Waals surface area contributed by atoms with Crippen LogP contribution >= 0.6 is 0 Å². The Kier molecular flexibility index (Phi) is 22.7. The van der Waals surface area contributed by atoms with E-state index in [0.29, 0.717) is 18.4 Å². The first-order valence-electron chi connectivity index (χ1n) is 23.7. The van der Waals surface area contributed by atoms with E-state index in [4.69, 9.17) is 28.7 Å². The quantitative estimate of drug-likeness (QED) is 0.0358. The van der Waals surface area contributed by atoms with Crippen molar-refractivity contribution in [3.8, 4) is 0 Å². The number of hydrogen-bond acceptors (Lipinski definition) is 11. The maximum Gasteiger partial charge on any atom is 0.243 e. The molecule has 2 aromatic carbocycles. The van der Waals surface area contributed by atoms with Gasteiger partial charge in [-0.05, 0) is 62.1 Å². The van der Waals surface area contributed by atoms with Crippen molar-refractivity contribution in [1.29, 1.82) is 0 Å². The Morgan fingerprint density at radius 2 is 1.29 bits per heavy atom. The van der Waals surface area contributed by atoms with Gasteiger partial charge in [0, 0.05) is 69.5 Å². The molecular formula is C47H68N16O9. The van der Waals surface area contributed by atoms with Gasteiger partial charge >= 0.3 is 0 Å². The van der Waals surface area contributed by atoms with Crippen LogP contribution in [0.5, 0.6) is 0 Å². The van der Waals surface area contributed by atoms with Gasteiger partial charge < -0.3 is 76.2 Å². The summed E-state index contributed by atoms with van der Waals surface area (Å²) in [6.45, 7) is 1.38. The standard InChI is InChI=1S/C47H68N16O9/c1-27(64)58-32(15-9-20-55-46(49)50)41(68)60-34-18-22-53-39(66)17-7-8-19-54-40(67)36(24-29-26-57-31-14-6-5-13-30(29)31)62-42(69)33(16-10-21-56-47(51)52)59-44(71)35(23-28-11-3-2-4-12-28)61-45(72)37(25-38(48)65)63-43(34)70/h2-6,11-14,26,32-37,57H,7-10,15-25H2,1H3,(H2,48,65)(H,53,66)(H,54,67)(H,58,64)(H,59,71)(H,60,68)(H,61,72)(H,62,69)(H,63,70)(H4,49,50,55)(H4,51,52,56)/t32-,33-,34-,35+,36-,37-/m0/s1. The van der Waals surface area contributed by atoms with Gasteiger partial charge in [0.15, 0.2) is 11.9 Å². The van der Waals surface area contributed by atoms with Crippen LogP contribution in [0.2, 0.25) is 0 Å². The molecule has 1 saturated heterocycles. The lowest BCUT2D eigenvalue weighted by Gasteiger charge is -2.27. The topological polar surface area (TPSA) is 420 Å². The zero-order valence-corrected chi connectivity index (χ0v) is 40.3. The number of hydrogen-bond donors (Lipinski definition) is 14. The van der Waals surface area contributed by atoms with Crippen molar-refractivity contribution >= 4 is 76.0 Å². The molecule has 0 spiro atoms. The molecule has 1 fully saturated rings. The Labute approximate surface area is 416 Å². The number of benzene rings is 2. The molecule has 0 saturated carbocycles. The van der Waals surface area contributed by atoms with Crippen LogP contribution in [0.15, 0.2) is 70.8 Å². The molecular weight excluding hydrogens is 933 g/mol. The highest BCUT2D eigenvalue weighted by Crippen LogP contribution is 2.20. The first kappa shape index (κ1) is 56.3. The molecule has 19 N–H and O–H groups in total. The van der Waals surface area contributed by atoms with E-state index in [0.717, 1.165) is 16.5 Å². The van der Waals surface area contributed by atoms with Gasteiger partial charge in [0.25, 0.3) is 0 Å². The zero-order valence-electron chi connectivity index (χ0n) is 40.3. The summed E-state index contributed by atoms with van der Waals surface area (Å²) in [4.78, 5) is 134. The Morgan fingerprint density at radius 1 is 0.681 bits per heavy atom. The van der Waals surface area contributed by atoms with Crippen LogP contribution in [0.25, 0.3) is 10.9 Å². The van der Waals surface area contributed by atoms with Gasteiger partial charge in [0.05, 0.1) is 6.42 Å². The summed E-state index contributed by atoms with van der Waals surface area (Å²) in [7, 11) is 0. The van der Waals surface area contributed by atoms with Crippen LogP contribution in [-0.4, -0.2) is 132 Å². The third-order valence-electron chi connectivity index (χ3n) is 11.4. The van der Waals surface area contributed by atoms with Crippen molar-refractivity contribution in [2.75, 3.05) is 26.2 Å². The molecule has 4 rings (SSSR count). The molecule has 9 amide bonds. The number of fused-ring (bicyclic) bond motifs is 1. The van der Waals surface area contributed by atoms with Gasteiger partial charge in [-0.25, -0.2) is 0 Å². The maximum absolute atomic E-state index is 14.5. The number of rotatable bonds is 17. The molecule has 1 aliphatic heterocycles. The highest BCUT2D eigenvalue weighted by molar-refractivity contribution is 5.98. The van der Waals surface area contributed by atoms with E-state index in [9.17, 15) is 43.2 Å². The van der Waals surface area contributed by atoms with E-state index >= 15 is 0 Å². The van der Waals surface area contributed by atoms with Crippen molar-refractivity contribution in [3.63, 3.8) is 0 Å². The fraction of sp³-hybridized carbons (Fsp3) is 0.468. The second-order valence-electron chi connectivity index (χ2n) is 17.3. The van der Waals surface area contributed by atoms with E-state index in [2.05, 4.69) is 57.5 Å². The van der Waals surface area contributed by atoms with Crippen LogP contribution in [0.1, 0.15) is 75.8 Å². The number of H-pyrrole nitrogens is 1.